The summed E-state index contributed by atoms with van der Waals surface area (Å²) in [6.45, 7) is 3.88. The summed E-state index contributed by atoms with van der Waals surface area (Å²) in [4.78, 5) is 16.0. The molecule has 1 aliphatic heterocycles. The molecule has 1 aliphatic rings. The number of hydrogen-bond acceptors (Lipinski definition) is 6. The number of ether oxygens (including phenoxy) is 1. The second-order valence-corrected chi connectivity index (χ2v) is 9.12. The predicted molar refractivity (Wildman–Crippen MR) is 150 cm³/mol. The Kier molecular flexibility index (Phi) is 9.35. The van der Waals surface area contributed by atoms with Gasteiger partial charge in [0.2, 0.25) is 0 Å². The average molecular weight is 524 g/mol. The van der Waals surface area contributed by atoms with Crippen LogP contribution in [0.3, 0.4) is 0 Å². The van der Waals surface area contributed by atoms with Crippen molar-refractivity contribution in [3.8, 4) is 23.0 Å². The number of carbonyl (C=O) groups excluding carboxylic acids is 1. The number of piperidine rings is 1. The molecule has 0 radical (unpaired) electrons. The van der Waals surface area contributed by atoms with Crippen molar-refractivity contribution in [3.63, 3.8) is 0 Å². The van der Waals surface area contributed by atoms with Crippen LogP contribution in [-0.4, -0.2) is 42.0 Å². The molecule has 1 fully saturated rings. The summed E-state index contributed by atoms with van der Waals surface area (Å²) >= 11 is 0. The number of benzene rings is 3. The number of hydrogen-bond donors (Lipinski definition) is 1. The van der Waals surface area contributed by atoms with E-state index in [1.807, 2.05) is 42.5 Å². The number of Topliss-reactive ketones (excluding diaryl/α,β-unsaturated/α-hetero) is 1. The van der Waals surface area contributed by atoms with Crippen LogP contribution in [0.25, 0.3) is 11.6 Å². The summed E-state index contributed by atoms with van der Waals surface area (Å²) in [6, 6.07) is 19.5. The Balaban J connectivity index is 1.55. The molecule has 1 N–H and O–H groups in total. The summed E-state index contributed by atoms with van der Waals surface area (Å²) < 4.78 is 16.2. The first-order chi connectivity index (χ1) is 17.6. The highest BCUT2D eigenvalue weighted by Crippen LogP contribution is 2.31. The molecule has 8 heteroatoms. The fourth-order valence-corrected chi connectivity index (χ4v) is 4.52. The van der Waals surface area contributed by atoms with Crippen LogP contribution in [0.1, 0.15) is 40.7 Å². The van der Waals surface area contributed by atoms with E-state index in [4.69, 9.17) is 13.8 Å². The number of nitrogens with zero attached hydrogens (tertiary/aromatic N) is 1. The molecule has 0 saturated carbocycles. The number of allylic oxidation sites excluding steroid dienone is 1. The summed E-state index contributed by atoms with van der Waals surface area (Å²) in [6.07, 6.45) is 5.67. The van der Waals surface area contributed by atoms with Crippen LogP contribution in [-0.2, 0) is 0 Å². The van der Waals surface area contributed by atoms with E-state index < -0.39 is 0 Å². The lowest BCUT2D eigenvalue weighted by molar-refractivity contribution is 0.105. The largest absolute Gasteiger partial charge is 0.507 e. The minimum atomic E-state index is -0.302. The first-order valence-electron chi connectivity index (χ1n) is 12.0. The van der Waals surface area contributed by atoms with Crippen LogP contribution in [0.2, 0.25) is 0 Å². The molecule has 0 spiro atoms. The maximum atomic E-state index is 13.5. The Morgan fingerprint density at radius 2 is 1.50 bits per heavy atom. The first-order valence-corrected chi connectivity index (χ1v) is 12.9. The highest BCUT2D eigenvalue weighted by Gasteiger charge is 2.19. The summed E-state index contributed by atoms with van der Waals surface area (Å²) in [5.74, 6) is 1.45. The molecule has 3 aromatic rings. The van der Waals surface area contributed by atoms with E-state index in [1.54, 1.807) is 24.3 Å². The molecule has 36 heavy (non-hydrogen) atoms. The summed E-state index contributed by atoms with van der Waals surface area (Å²) in [7, 11) is 4.33. The molecule has 2 unspecified atom stereocenters. The maximum Gasteiger partial charge on any atom is 0.197 e. The zero-order valence-corrected chi connectivity index (χ0v) is 22.4. The van der Waals surface area contributed by atoms with Crippen molar-refractivity contribution >= 4 is 36.4 Å². The van der Waals surface area contributed by atoms with Gasteiger partial charge < -0.3 is 18.9 Å². The number of phenolic OH excluding ortho intramolecular Hbond substituents is 1. The van der Waals surface area contributed by atoms with E-state index in [1.165, 1.54) is 25.3 Å². The molecule has 2 atom stereocenters. The van der Waals surface area contributed by atoms with Crippen LogP contribution < -0.4 is 13.8 Å². The molecule has 0 amide bonds. The van der Waals surface area contributed by atoms with Gasteiger partial charge in [0.15, 0.2) is 5.78 Å². The second-order valence-electron chi connectivity index (χ2n) is 8.65. The first kappa shape index (κ1) is 26.2. The molecule has 4 rings (SSSR count). The third kappa shape index (κ3) is 6.85. The van der Waals surface area contributed by atoms with Gasteiger partial charge in [-0.05, 0) is 79.5 Å². The quantitative estimate of drug-likeness (QED) is 0.152. The van der Waals surface area contributed by atoms with Gasteiger partial charge in [-0.3, -0.25) is 9.69 Å². The third-order valence-electron chi connectivity index (χ3n) is 6.21. The lowest BCUT2D eigenvalue weighted by Gasteiger charge is -2.26. The Bertz CT molecular complexity index is 1190. The number of rotatable bonds is 10. The molecule has 0 aromatic heterocycles. The molecule has 1 saturated heterocycles. The molecule has 6 nitrogen and oxygen atoms in total. The van der Waals surface area contributed by atoms with E-state index in [0.29, 0.717) is 29.2 Å². The smallest absolute Gasteiger partial charge is 0.197 e. The monoisotopic (exact) mass is 523 g/mol. The normalized spacial score (nSPS) is 14.3. The van der Waals surface area contributed by atoms with Crippen molar-refractivity contribution in [3.05, 3.63) is 83.4 Å². The van der Waals surface area contributed by atoms with Gasteiger partial charge in [0.1, 0.15) is 29.6 Å². The van der Waals surface area contributed by atoms with E-state index in [2.05, 4.69) is 23.8 Å². The second kappa shape index (κ2) is 12.9. The number of likely N-dealkylation sites (tertiary alicyclic amines) is 1. The number of aromatic hydroxyl groups is 1. The molecular formula is C28H31NO5P2. The van der Waals surface area contributed by atoms with Gasteiger partial charge in [-0.2, -0.15) is 0 Å². The van der Waals surface area contributed by atoms with E-state index in [9.17, 15) is 9.90 Å². The molecule has 0 bridgehead atoms. The lowest BCUT2D eigenvalue weighted by atomic mass is 9.94. The van der Waals surface area contributed by atoms with Crippen molar-refractivity contribution in [1.82, 2.24) is 4.90 Å². The highest BCUT2D eigenvalue weighted by molar-refractivity contribution is 7.10. The Morgan fingerprint density at radius 1 is 0.861 bits per heavy atom. The van der Waals surface area contributed by atoms with Crippen LogP contribution >= 0.6 is 18.9 Å². The van der Waals surface area contributed by atoms with Gasteiger partial charge >= 0.3 is 0 Å². The van der Waals surface area contributed by atoms with Gasteiger partial charge in [-0.25, -0.2) is 0 Å². The van der Waals surface area contributed by atoms with Crippen molar-refractivity contribution in [1.29, 1.82) is 0 Å². The van der Waals surface area contributed by atoms with Crippen molar-refractivity contribution in [2.45, 2.75) is 19.3 Å². The molecule has 0 aliphatic carbocycles. The summed E-state index contributed by atoms with van der Waals surface area (Å²) in [5.41, 5.74) is 2.19. The predicted octanol–water partition coefficient (Wildman–Crippen LogP) is 6.02. The van der Waals surface area contributed by atoms with Gasteiger partial charge in [0.05, 0.1) is 24.5 Å². The SMILES string of the molecule is O=C(/C(=C/c1ccc(OCCN2CCCCC2)cc1)c1ccc(OP)cc1)c1ccc(OP)cc1O. The molecule has 3 aromatic carbocycles. The number of carbonyl (C=O) groups is 1. The van der Waals surface area contributed by atoms with E-state index in [-0.39, 0.29) is 17.1 Å². The molecule has 188 valence electrons. The fraction of sp³-hybridized carbons (Fsp3) is 0.250. The van der Waals surface area contributed by atoms with Crippen molar-refractivity contribution in [2.24, 2.45) is 0 Å². The standard InChI is InChI=1S/C28H31NO5P2/c30-27-19-24(34-36)12-13-25(27)28(31)26(21-6-10-23(33-35)11-7-21)18-20-4-8-22(9-5-20)32-17-16-29-14-2-1-3-15-29/h4-13,18-19,30H,1-3,14-17,35-36H2/b26-18+. The van der Waals surface area contributed by atoms with E-state index >= 15 is 0 Å². The minimum Gasteiger partial charge on any atom is -0.507 e. The number of phenols is 1. The van der Waals surface area contributed by atoms with E-state index in [0.717, 1.165) is 30.9 Å². The summed E-state index contributed by atoms with van der Waals surface area (Å²) in [5, 5.41) is 10.5. The van der Waals surface area contributed by atoms with Gasteiger partial charge in [-0.15, -0.1) is 0 Å². The Morgan fingerprint density at radius 3 is 2.14 bits per heavy atom. The van der Waals surface area contributed by atoms with Crippen LogP contribution in [0.15, 0.2) is 66.7 Å². The van der Waals surface area contributed by atoms with Crippen LogP contribution in [0.4, 0.5) is 0 Å². The topological polar surface area (TPSA) is 68.2 Å². The Hall–Kier alpha value is -2.91. The van der Waals surface area contributed by atoms with Gasteiger partial charge in [-0.1, -0.05) is 30.7 Å². The Labute approximate surface area is 216 Å². The lowest BCUT2D eigenvalue weighted by Crippen LogP contribution is -2.33. The fourth-order valence-electron chi connectivity index (χ4n) is 4.22. The van der Waals surface area contributed by atoms with Crippen LogP contribution in [0, 0.1) is 0 Å². The highest BCUT2D eigenvalue weighted by atomic mass is 31.0. The minimum absolute atomic E-state index is 0.145. The average Bonchev–Trinajstić information content (AvgIpc) is 2.93. The third-order valence-corrected chi connectivity index (χ3v) is 6.76. The molecular weight excluding hydrogens is 492 g/mol. The van der Waals surface area contributed by atoms with Gasteiger partial charge in [0.25, 0.3) is 0 Å². The zero-order valence-electron chi connectivity index (χ0n) is 20.1. The number of ketones is 1. The maximum absolute atomic E-state index is 13.5. The van der Waals surface area contributed by atoms with Crippen molar-refractivity contribution in [2.75, 3.05) is 26.2 Å². The zero-order chi connectivity index (χ0) is 25.3. The van der Waals surface area contributed by atoms with Crippen LogP contribution in [0.5, 0.6) is 23.0 Å². The van der Waals surface area contributed by atoms with Crippen molar-refractivity contribution < 1.29 is 23.7 Å². The van der Waals surface area contributed by atoms with Gasteiger partial charge in [0, 0.05) is 18.2 Å². The molecule has 1 heterocycles.